The van der Waals surface area contributed by atoms with Crippen molar-refractivity contribution in [2.75, 3.05) is 7.11 Å². The third kappa shape index (κ3) is 4.31. The minimum Gasteiger partial charge on any atom is -0.495 e. The molecule has 0 aliphatic heterocycles. The first-order chi connectivity index (χ1) is 13.8. The Kier molecular flexibility index (Phi) is 5.72. The van der Waals surface area contributed by atoms with Gasteiger partial charge in [0.25, 0.3) is 5.56 Å². The van der Waals surface area contributed by atoms with Gasteiger partial charge in [-0.15, -0.1) is 0 Å². The van der Waals surface area contributed by atoms with Crippen LogP contribution in [-0.2, 0) is 11.3 Å². The van der Waals surface area contributed by atoms with Crippen LogP contribution in [0.3, 0.4) is 0 Å². The lowest BCUT2D eigenvalue weighted by Crippen LogP contribution is -2.21. The van der Waals surface area contributed by atoms with Crippen LogP contribution in [0.25, 0.3) is 11.4 Å². The van der Waals surface area contributed by atoms with E-state index in [1.165, 1.54) is 17.7 Å². The molecule has 29 heavy (non-hydrogen) atoms. The van der Waals surface area contributed by atoms with E-state index in [2.05, 4.69) is 16.5 Å². The summed E-state index contributed by atoms with van der Waals surface area (Å²) in [6.07, 6.45) is 2.54. The molecule has 3 aromatic rings. The number of halogens is 2. The Labute approximate surface area is 166 Å². The molecule has 0 aromatic carbocycles. The van der Waals surface area contributed by atoms with Gasteiger partial charge >= 0.3 is 0 Å². The van der Waals surface area contributed by atoms with Crippen molar-refractivity contribution in [3.8, 4) is 11.4 Å². The highest BCUT2D eigenvalue weighted by Crippen LogP contribution is 2.21. The summed E-state index contributed by atoms with van der Waals surface area (Å²) in [5.41, 5.74) is 2.14. The average molecular weight is 399 g/mol. The summed E-state index contributed by atoms with van der Waals surface area (Å²) in [6.45, 7) is 7.13. The molecule has 0 saturated heterocycles. The number of aromatic nitrogens is 3. The van der Waals surface area contributed by atoms with E-state index in [0.717, 1.165) is 17.8 Å². The summed E-state index contributed by atoms with van der Waals surface area (Å²) >= 11 is 0. The Balaban J connectivity index is 1.92. The molecule has 0 fully saturated rings. The topological polar surface area (TPSA) is 66.2 Å². The van der Waals surface area contributed by atoms with E-state index in [-0.39, 0.29) is 23.6 Å². The Hall–Kier alpha value is -3.55. The second kappa shape index (κ2) is 8.22. The maximum Gasteiger partial charge on any atom is 0.259 e. The van der Waals surface area contributed by atoms with Crippen LogP contribution >= 0.6 is 0 Å². The number of rotatable bonds is 6. The van der Waals surface area contributed by atoms with E-state index in [4.69, 9.17) is 9.47 Å². The highest BCUT2D eigenvalue weighted by Gasteiger charge is 2.13. The van der Waals surface area contributed by atoms with Crippen LogP contribution < -0.4 is 10.3 Å². The van der Waals surface area contributed by atoms with Crippen molar-refractivity contribution >= 4 is 5.76 Å². The second-order valence-corrected chi connectivity index (χ2v) is 6.36. The monoisotopic (exact) mass is 399 g/mol. The lowest BCUT2D eigenvalue weighted by atomic mass is 10.2. The Morgan fingerprint density at radius 3 is 2.55 bits per heavy atom. The van der Waals surface area contributed by atoms with Crippen molar-refractivity contribution in [3.05, 3.63) is 87.9 Å². The summed E-state index contributed by atoms with van der Waals surface area (Å²) in [7, 11) is 1.49. The Morgan fingerprint density at radius 2 is 1.90 bits per heavy atom. The minimum absolute atomic E-state index is 0.0547. The van der Waals surface area contributed by atoms with E-state index in [1.54, 1.807) is 25.3 Å². The number of ether oxygens (including phenoxy) is 2. The van der Waals surface area contributed by atoms with Gasteiger partial charge in [0, 0.05) is 30.1 Å². The summed E-state index contributed by atoms with van der Waals surface area (Å²) < 4.78 is 38.8. The van der Waals surface area contributed by atoms with E-state index in [0.29, 0.717) is 22.8 Å². The summed E-state index contributed by atoms with van der Waals surface area (Å²) in [5, 5.41) is 0. The predicted molar refractivity (Wildman–Crippen MR) is 104 cm³/mol. The molecule has 0 aliphatic carbocycles. The third-order valence-corrected chi connectivity index (χ3v) is 4.30. The number of hydrogen-bond acceptors (Lipinski definition) is 5. The fraction of sp³-hybridized carbons (Fsp3) is 0.190. The van der Waals surface area contributed by atoms with Gasteiger partial charge in [0.15, 0.2) is 5.82 Å². The van der Waals surface area contributed by atoms with Gasteiger partial charge < -0.3 is 9.47 Å². The highest BCUT2D eigenvalue weighted by atomic mass is 19.1. The third-order valence-electron chi connectivity index (χ3n) is 4.30. The molecule has 0 N–H and O–H groups in total. The largest absolute Gasteiger partial charge is 0.495 e. The van der Waals surface area contributed by atoms with Crippen LogP contribution in [0.1, 0.15) is 22.6 Å². The van der Waals surface area contributed by atoms with Gasteiger partial charge in [0.05, 0.1) is 19.0 Å². The van der Waals surface area contributed by atoms with Gasteiger partial charge in [0.1, 0.15) is 35.3 Å². The molecule has 0 atom stereocenters. The molecule has 0 bridgehead atoms. The van der Waals surface area contributed by atoms with Gasteiger partial charge in [-0.1, -0.05) is 6.58 Å². The van der Waals surface area contributed by atoms with Crippen LogP contribution in [0.15, 0.2) is 48.0 Å². The number of hydrogen-bond donors (Lipinski definition) is 0. The van der Waals surface area contributed by atoms with Crippen molar-refractivity contribution in [1.29, 1.82) is 0 Å². The first-order valence-corrected chi connectivity index (χ1v) is 8.67. The van der Waals surface area contributed by atoms with Crippen LogP contribution in [0.4, 0.5) is 8.78 Å². The fourth-order valence-electron chi connectivity index (χ4n) is 2.78. The first-order valence-electron chi connectivity index (χ1n) is 8.67. The van der Waals surface area contributed by atoms with Gasteiger partial charge in [-0.25, -0.2) is 8.78 Å². The second-order valence-electron chi connectivity index (χ2n) is 6.36. The zero-order valence-electron chi connectivity index (χ0n) is 16.2. The molecule has 0 saturated carbocycles. The van der Waals surface area contributed by atoms with Crippen molar-refractivity contribution in [2.24, 2.45) is 0 Å². The van der Waals surface area contributed by atoms with E-state index >= 15 is 0 Å². The number of aryl methyl sites for hydroxylation is 2. The quantitative estimate of drug-likeness (QED) is 0.591. The molecule has 6 nitrogen and oxygen atoms in total. The molecule has 3 heterocycles. The molecular formula is C21H19F2N3O3. The Bertz CT molecular complexity index is 1140. The molecule has 3 aromatic heterocycles. The zero-order chi connectivity index (χ0) is 21.1. The predicted octanol–water partition coefficient (Wildman–Crippen LogP) is 3.72. The SMILES string of the molecule is C=C(OC)c1cc(-n2c(C)cc(OCc3ncc(F)cc3F)cc2=O)c(C)cn1. The lowest BCUT2D eigenvalue weighted by molar-refractivity contribution is 0.292. The van der Waals surface area contributed by atoms with Crippen LogP contribution in [0.2, 0.25) is 0 Å². The van der Waals surface area contributed by atoms with Crippen molar-refractivity contribution in [3.63, 3.8) is 0 Å². The van der Waals surface area contributed by atoms with Gasteiger partial charge in [-0.2, -0.15) is 0 Å². The molecule has 0 amide bonds. The smallest absolute Gasteiger partial charge is 0.259 e. The van der Waals surface area contributed by atoms with E-state index < -0.39 is 11.6 Å². The van der Waals surface area contributed by atoms with Crippen molar-refractivity contribution in [1.82, 2.24) is 14.5 Å². The van der Waals surface area contributed by atoms with Gasteiger partial charge in [0.2, 0.25) is 0 Å². The van der Waals surface area contributed by atoms with E-state index in [1.807, 2.05) is 6.92 Å². The average Bonchev–Trinajstić information content (AvgIpc) is 2.67. The molecule has 150 valence electrons. The van der Waals surface area contributed by atoms with E-state index in [9.17, 15) is 13.6 Å². The fourth-order valence-corrected chi connectivity index (χ4v) is 2.78. The standard InChI is InChI=1S/C21H19F2N3O3/c1-12-9-24-18(14(3)28-4)8-20(12)26-13(2)5-16(7-21(26)27)29-11-19-17(23)6-15(22)10-25-19/h5-10H,3,11H2,1-2,4H3. The maximum absolute atomic E-state index is 13.7. The normalized spacial score (nSPS) is 10.7. The first kappa shape index (κ1) is 20.2. The van der Waals surface area contributed by atoms with Gasteiger partial charge in [-0.3, -0.25) is 19.3 Å². The minimum atomic E-state index is -0.812. The number of nitrogens with zero attached hydrogens (tertiary/aromatic N) is 3. The highest BCUT2D eigenvalue weighted by molar-refractivity contribution is 5.58. The maximum atomic E-state index is 13.7. The number of pyridine rings is 3. The van der Waals surface area contributed by atoms with Gasteiger partial charge in [-0.05, 0) is 25.5 Å². The van der Waals surface area contributed by atoms with Crippen LogP contribution in [0, 0.1) is 25.5 Å². The summed E-state index contributed by atoms with van der Waals surface area (Å²) in [4.78, 5) is 20.7. The van der Waals surface area contributed by atoms with Crippen LogP contribution in [-0.4, -0.2) is 21.6 Å². The number of methoxy groups -OCH3 is 1. The summed E-state index contributed by atoms with van der Waals surface area (Å²) in [5.74, 6) is -0.949. The molecule has 0 spiro atoms. The molecule has 0 unspecified atom stereocenters. The van der Waals surface area contributed by atoms with Crippen molar-refractivity contribution < 1.29 is 18.3 Å². The summed E-state index contributed by atoms with van der Waals surface area (Å²) in [6, 6.07) is 5.38. The molecule has 0 radical (unpaired) electrons. The molecular weight excluding hydrogens is 380 g/mol. The molecule has 0 aliphatic rings. The lowest BCUT2D eigenvalue weighted by Gasteiger charge is -2.15. The zero-order valence-corrected chi connectivity index (χ0v) is 16.2. The molecule has 8 heteroatoms. The molecule has 3 rings (SSSR count). The Morgan fingerprint density at radius 1 is 1.14 bits per heavy atom. The van der Waals surface area contributed by atoms with Crippen molar-refractivity contribution in [2.45, 2.75) is 20.5 Å². The van der Waals surface area contributed by atoms with Crippen LogP contribution in [0.5, 0.6) is 5.75 Å².